The molecular weight excluding hydrogens is 342 g/mol. The Labute approximate surface area is 159 Å². The fourth-order valence-corrected chi connectivity index (χ4v) is 3.86. The van der Waals surface area contributed by atoms with Gasteiger partial charge in [-0.3, -0.25) is 9.69 Å². The van der Waals surface area contributed by atoms with Crippen LogP contribution in [0.5, 0.6) is 0 Å². The summed E-state index contributed by atoms with van der Waals surface area (Å²) in [7, 11) is 0. The van der Waals surface area contributed by atoms with Crippen LogP contribution in [0.25, 0.3) is 11.4 Å². The standard InChI is InChI=1S/C20H25N5O2/c21-18-4-7-22-19(23-18)15-2-1-3-16(14-15)20(26)25-8-5-17(6-9-25)24-10-12-27-13-11-24/h1-4,7,14,17H,5-6,8-13H2,(H2,21,22,23). The maximum Gasteiger partial charge on any atom is 0.253 e. The van der Waals surface area contributed by atoms with Gasteiger partial charge in [0.2, 0.25) is 0 Å². The molecule has 0 aliphatic carbocycles. The molecule has 7 nitrogen and oxygen atoms in total. The van der Waals surface area contributed by atoms with Gasteiger partial charge in [-0.05, 0) is 31.0 Å². The highest BCUT2D eigenvalue weighted by atomic mass is 16.5. The summed E-state index contributed by atoms with van der Waals surface area (Å²) in [5, 5.41) is 0. The van der Waals surface area contributed by atoms with Gasteiger partial charge in [0, 0.05) is 49.5 Å². The Bertz CT molecular complexity index is 798. The molecule has 0 spiro atoms. The van der Waals surface area contributed by atoms with E-state index in [4.69, 9.17) is 10.5 Å². The smallest absolute Gasteiger partial charge is 0.253 e. The van der Waals surface area contributed by atoms with Gasteiger partial charge in [-0.25, -0.2) is 9.97 Å². The number of amides is 1. The SMILES string of the molecule is Nc1ccnc(-c2cccc(C(=O)N3CCC(N4CCOCC4)CC3)c2)n1. The maximum atomic E-state index is 13.0. The first kappa shape index (κ1) is 17.9. The Kier molecular flexibility index (Phi) is 5.31. The molecular formula is C20H25N5O2. The molecule has 2 aliphatic rings. The molecule has 0 unspecified atom stereocenters. The number of ether oxygens (including phenoxy) is 1. The summed E-state index contributed by atoms with van der Waals surface area (Å²) in [6.07, 6.45) is 3.66. The Morgan fingerprint density at radius 2 is 1.89 bits per heavy atom. The highest BCUT2D eigenvalue weighted by molar-refractivity contribution is 5.95. The predicted octanol–water partition coefficient (Wildman–Crippen LogP) is 1.66. The van der Waals surface area contributed by atoms with Crippen molar-refractivity contribution in [2.24, 2.45) is 0 Å². The van der Waals surface area contributed by atoms with E-state index in [2.05, 4.69) is 14.9 Å². The average Bonchev–Trinajstić information content (AvgIpc) is 2.74. The number of carbonyl (C=O) groups is 1. The van der Waals surface area contributed by atoms with Crippen molar-refractivity contribution in [3.05, 3.63) is 42.1 Å². The van der Waals surface area contributed by atoms with Gasteiger partial charge in [0.05, 0.1) is 13.2 Å². The van der Waals surface area contributed by atoms with E-state index in [9.17, 15) is 4.79 Å². The van der Waals surface area contributed by atoms with Gasteiger partial charge >= 0.3 is 0 Å². The molecule has 2 N–H and O–H groups in total. The number of nitrogens with zero attached hydrogens (tertiary/aromatic N) is 4. The van der Waals surface area contributed by atoms with Crippen molar-refractivity contribution < 1.29 is 9.53 Å². The summed E-state index contributed by atoms with van der Waals surface area (Å²) in [5.41, 5.74) is 7.22. The first-order chi connectivity index (χ1) is 13.2. The van der Waals surface area contributed by atoms with Crippen LogP contribution in [0.4, 0.5) is 5.82 Å². The van der Waals surface area contributed by atoms with Gasteiger partial charge < -0.3 is 15.4 Å². The van der Waals surface area contributed by atoms with Crippen LogP contribution in [-0.2, 0) is 4.74 Å². The lowest BCUT2D eigenvalue weighted by Crippen LogP contribution is -2.50. The third-order valence-corrected chi connectivity index (χ3v) is 5.36. The molecule has 2 aromatic rings. The lowest BCUT2D eigenvalue weighted by Gasteiger charge is -2.40. The summed E-state index contributed by atoms with van der Waals surface area (Å²) in [4.78, 5) is 25.9. The molecule has 2 saturated heterocycles. The van der Waals surface area contributed by atoms with Crippen LogP contribution in [0, 0.1) is 0 Å². The normalized spacial score (nSPS) is 19.2. The number of nitrogens with two attached hydrogens (primary N) is 1. The highest BCUT2D eigenvalue weighted by Gasteiger charge is 2.28. The van der Waals surface area contributed by atoms with Crippen LogP contribution >= 0.6 is 0 Å². The second-order valence-corrected chi connectivity index (χ2v) is 7.06. The number of piperidine rings is 1. The van der Waals surface area contributed by atoms with Gasteiger partial charge in [-0.15, -0.1) is 0 Å². The van der Waals surface area contributed by atoms with Gasteiger partial charge in [-0.2, -0.15) is 0 Å². The molecule has 1 amide bonds. The van der Waals surface area contributed by atoms with Gasteiger partial charge in [0.25, 0.3) is 5.91 Å². The number of benzene rings is 1. The first-order valence-corrected chi connectivity index (χ1v) is 9.51. The number of rotatable bonds is 3. The van der Waals surface area contributed by atoms with Crippen LogP contribution < -0.4 is 5.73 Å². The number of anilines is 1. The Morgan fingerprint density at radius 3 is 2.63 bits per heavy atom. The van der Waals surface area contributed by atoms with Gasteiger partial charge in [0.15, 0.2) is 5.82 Å². The van der Waals surface area contributed by atoms with Crippen LogP contribution in [0.3, 0.4) is 0 Å². The summed E-state index contributed by atoms with van der Waals surface area (Å²) >= 11 is 0. The van der Waals surface area contributed by atoms with Crippen molar-refractivity contribution in [1.82, 2.24) is 19.8 Å². The number of likely N-dealkylation sites (tertiary alicyclic amines) is 1. The number of nitrogen functional groups attached to an aromatic ring is 1. The van der Waals surface area contributed by atoms with E-state index in [1.54, 1.807) is 12.3 Å². The molecule has 3 heterocycles. The van der Waals surface area contributed by atoms with Crippen molar-refractivity contribution in [1.29, 1.82) is 0 Å². The highest BCUT2D eigenvalue weighted by Crippen LogP contribution is 2.22. The Morgan fingerprint density at radius 1 is 1.11 bits per heavy atom. The van der Waals surface area contributed by atoms with E-state index in [0.717, 1.165) is 57.8 Å². The molecule has 2 fully saturated rings. The van der Waals surface area contributed by atoms with Crippen LogP contribution in [0.2, 0.25) is 0 Å². The van der Waals surface area contributed by atoms with Crippen LogP contribution in [-0.4, -0.2) is 71.1 Å². The topological polar surface area (TPSA) is 84.6 Å². The van der Waals surface area contributed by atoms with E-state index >= 15 is 0 Å². The molecule has 1 aromatic carbocycles. The molecule has 142 valence electrons. The van der Waals surface area contributed by atoms with Crippen molar-refractivity contribution in [3.8, 4) is 11.4 Å². The molecule has 2 aliphatic heterocycles. The fourth-order valence-electron chi connectivity index (χ4n) is 3.86. The van der Waals surface area contributed by atoms with E-state index in [0.29, 0.717) is 23.2 Å². The minimum Gasteiger partial charge on any atom is -0.384 e. The monoisotopic (exact) mass is 367 g/mol. The molecule has 0 saturated carbocycles. The van der Waals surface area contributed by atoms with Crippen molar-refractivity contribution in [2.45, 2.75) is 18.9 Å². The minimum absolute atomic E-state index is 0.0705. The largest absolute Gasteiger partial charge is 0.384 e. The number of hydrogen-bond acceptors (Lipinski definition) is 6. The maximum absolute atomic E-state index is 13.0. The second-order valence-electron chi connectivity index (χ2n) is 7.06. The molecule has 27 heavy (non-hydrogen) atoms. The van der Waals surface area contributed by atoms with Gasteiger partial charge in [0.1, 0.15) is 5.82 Å². The van der Waals surface area contributed by atoms with E-state index in [1.807, 2.05) is 29.2 Å². The fraction of sp³-hybridized carbons (Fsp3) is 0.450. The predicted molar refractivity (Wildman–Crippen MR) is 103 cm³/mol. The van der Waals surface area contributed by atoms with E-state index in [1.165, 1.54) is 0 Å². The zero-order valence-electron chi connectivity index (χ0n) is 15.4. The van der Waals surface area contributed by atoms with Crippen LogP contribution in [0.15, 0.2) is 36.5 Å². The van der Waals surface area contributed by atoms with Crippen molar-refractivity contribution in [3.63, 3.8) is 0 Å². The number of carbonyl (C=O) groups excluding carboxylic acids is 1. The molecule has 0 radical (unpaired) electrons. The molecule has 0 atom stereocenters. The van der Waals surface area contributed by atoms with Gasteiger partial charge in [-0.1, -0.05) is 12.1 Å². The summed E-state index contributed by atoms with van der Waals surface area (Å²) in [5.74, 6) is 1.03. The molecule has 1 aromatic heterocycles. The zero-order valence-corrected chi connectivity index (χ0v) is 15.4. The van der Waals surface area contributed by atoms with Crippen LogP contribution in [0.1, 0.15) is 23.2 Å². The lowest BCUT2D eigenvalue weighted by molar-refractivity contribution is 0.00159. The molecule has 4 rings (SSSR count). The van der Waals surface area contributed by atoms with E-state index in [-0.39, 0.29) is 5.91 Å². The number of aromatic nitrogens is 2. The first-order valence-electron chi connectivity index (χ1n) is 9.51. The van der Waals surface area contributed by atoms with Crippen molar-refractivity contribution >= 4 is 11.7 Å². The zero-order chi connectivity index (χ0) is 18.6. The third kappa shape index (κ3) is 4.09. The number of hydrogen-bond donors (Lipinski definition) is 1. The van der Waals surface area contributed by atoms with Crippen molar-refractivity contribution in [2.75, 3.05) is 45.1 Å². The lowest BCUT2D eigenvalue weighted by atomic mass is 10.0. The summed E-state index contributed by atoms with van der Waals surface area (Å²) in [6, 6.07) is 9.69. The Hall–Kier alpha value is -2.51. The Balaban J connectivity index is 1.42. The average molecular weight is 367 g/mol. The molecule has 0 bridgehead atoms. The number of morpholine rings is 1. The quantitative estimate of drug-likeness (QED) is 0.888. The molecule has 7 heteroatoms. The van der Waals surface area contributed by atoms with E-state index < -0.39 is 0 Å². The summed E-state index contributed by atoms with van der Waals surface area (Å²) in [6.45, 7) is 5.22. The minimum atomic E-state index is 0.0705. The second kappa shape index (κ2) is 8.02. The summed E-state index contributed by atoms with van der Waals surface area (Å²) < 4.78 is 5.44. The third-order valence-electron chi connectivity index (χ3n) is 5.36.